The number of primary amides is 6. The monoisotopic (exact) mass is 452 g/mol. The Labute approximate surface area is 180 Å². The van der Waals surface area contributed by atoms with E-state index in [9.17, 15) is 39.0 Å². The van der Waals surface area contributed by atoms with Gasteiger partial charge in [-0.25, -0.2) is 0 Å². The second-order valence-corrected chi connectivity index (χ2v) is 7.20. The quantitative estimate of drug-likeness (QED) is 0.151. The molecule has 1 aromatic carbocycles. The summed E-state index contributed by atoms with van der Waals surface area (Å²) >= 11 is 0. The molecule has 1 rings (SSSR count). The first-order valence-electron chi connectivity index (χ1n) is 8.87. The number of hydrogen-bond donors (Lipinski definition) is 8. The van der Waals surface area contributed by atoms with Gasteiger partial charge in [-0.05, 0) is 11.1 Å². The molecule has 14 heteroatoms. The van der Waals surface area contributed by atoms with Crippen LogP contribution in [0.1, 0.15) is 35.8 Å². The second kappa shape index (κ2) is 9.40. The van der Waals surface area contributed by atoms with Crippen molar-refractivity contribution in [2.45, 2.75) is 35.9 Å². The molecule has 0 heterocycles. The van der Waals surface area contributed by atoms with E-state index in [1.54, 1.807) is 0 Å². The Bertz CT molecular complexity index is 909. The highest BCUT2D eigenvalue weighted by molar-refractivity contribution is 5.99. The molecule has 32 heavy (non-hydrogen) atoms. The van der Waals surface area contributed by atoms with Gasteiger partial charge in [0.15, 0.2) is 11.2 Å². The number of nitrogens with two attached hydrogens (primary N) is 6. The average Bonchev–Trinajstić information content (AvgIpc) is 2.59. The van der Waals surface area contributed by atoms with Gasteiger partial charge in [0.25, 0.3) is 11.8 Å². The number of carbonyl (C=O) groups is 6. The first-order valence-corrected chi connectivity index (χ1v) is 8.87. The maximum Gasteiger partial charge on any atom is 0.251 e. The normalized spacial score (nSPS) is 16.6. The molecular formula is C18H24N6O8. The Morgan fingerprint density at radius 1 is 0.688 bits per heavy atom. The standard InChI is InChI=1S/C18H24N6O8/c19-9(25)5-17(31,15(23)29)11(13(21)27)7-2-1-3-8(4-7)12(14(22)28)18(32,16(24)30)6-10(20)26/h1-4,11-12,31-32H,5-6H2,(H2,19,25)(H2,20,26)(H2,21,27)(H2,22,28)(H2,23,29)(H2,24,30). The Balaban J connectivity index is 3.76. The largest absolute Gasteiger partial charge is 0.378 e. The zero-order chi connectivity index (χ0) is 25.0. The number of rotatable bonds is 12. The van der Waals surface area contributed by atoms with Crippen LogP contribution in [0, 0.1) is 0 Å². The Morgan fingerprint density at radius 2 is 1.00 bits per heavy atom. The molecule has 4 unspecified atom stereocenters. The Kier molecular flexibility index (Phi) is 7.64. The van der Waals surface area contributed by atoms with Crippen LogP contribution in [0.2, 0.25) is 0 Å². The molecule has 14 nitrogen and oxygen atoms in total. The molecule has 0 saturated carbocycles. The third-order valence-corrected chi connectivity index (χ3v) is 4.84. The molecule has 0 aliphatic rings. The fourth-order valence-corrected chi connectivity index (χ4v) is 3.46. The SMILES string of the molecule is NC(=O)CC(O)(C(N)=O)C(C(N)=O)c1cccc(C(C(N)=O)C(O)(CC(N)=O)C(N)=O)c1. The van der Waals surface area contributed by atoms with Crippen LogP contribution < -0.4 is 34.4 Å². The summed E-state index contributed by atoms with van der Waals surface area (Å²) in [5, 5.41) is 21.4. The zero-order valence-electron chi connectivity index (χ0n) is 16.7. The van der Waals surface area contributed by atoms with E-state index in [-0.39, 0.29) is 11.1 Å². The Morgan fingerprint density at radius 3 is 1.22 bits per heavy atom. The maximum absolute atomic E-state index is 12.1. The molecule has 0 spiro atoms. The van der Waals surface area contributed by atoms with Crippen LogP contribution in [0.4, 0.5) is 0 Å². The molecule has 0 fully saturated rings. The van der Waals surface area contributed by atoms with E-state index >= 15 is 0 Å². The molecule has 4 atom stereocenters. The smallest absolute Gasteiger partial charge is 0.251 e. The summed E-state index contributed by atoms with van der Waals surface area (Å²) in [5.74, 6) is -11.9. The van der Waals surface area contributed by atoms with Crippen molar-refractivity contribution in [3.05, 3.63) is 35.4 Å². The number of carbonyl (C=O) groups excluding carboxylic acids is 6. The van der Waals surface area contributed by atoms with Crippen LogP contribution in [-0.4, -0.2) is 56.9 Å². The van der Waals surface area contributed by atoms with Gasteiger partial charge in [0.05, 0.1) is 12.8 Å². The first-order chi connectivity index (χ1) is 14.6. The van der Waals surface area contributed by atoms with Crippen molar-refractivity contribution in [1.29, 1.82) is 0 Å². The molecule has 0 bridgehead atoms. The number of benzene rings is 1. The van der Waals surface area contributed by atoms with E-state index in [2.05, 4.69) is 0 Å². The highest BCUT2D eigenvalue weighted by Crippen LogP contribution is 2.36. The minimum absolute atomic E-state index is 0.255. The van der Waals surface area contributed by atoms with Gasteiger partial charge < -0.3 is 44.6 Å². The van der Waals surface area contributed by atoms with E-state index in [4.69, 9.17) is 34.4 Å². The van der Waals surface area contributed by atoms with Gasteiger partial charge in [-0.15, -0.1) is 0 Å². The predicted octanol–water partition coefficient (Wildman–Crippen LogP) is -4.99. The summed E-state index contributed by atoms with van der Waals surface area (Å²) in [6, 6.07) is 4.51. The van der Waals surface area contributed by atoms with Gasteiger partial charge in [-0.3, -0.25) is 28.8 Å². The maximum atomic E-state index is 12.1. The van der Waals surface area contributed by atoms with Gasteiger partial charge in [-0.2, -0.15) is 0 Å². The summed E-state index contributed by atoms with van der Waals surface area (Å²) in [4.78, 5) is 70.8. The topological polar surface area (TPSA) is 299 Å². The molecule has 14 N–H and O–H groups in total. The van der Waals surface area contributed by atoms with Crippen molar-refractivity contribution >= 4 is 35.4 Å². The van der Waals surface area contributed by atoms with Crippen molar-refractivity contribution in [3.8, 4) is 0 Å². The summed E-state index contributed by atoms with van der Waals surface area (Å²) in [5.41, 5.74) is 24.8. The third-order valence-electron chi connectivity index (χ3n) is 4.84. The van der Waals surface area contributed by atoms with Gasteiger partial charge in [0.2, 0.25) is 23.6 Å². The molecule has 174 valence electrons. The number of hydrogen-bond acceptors (Lipinski definition) is 8. The highest BCUT2D eigenvalue weighted by Gasteiger charge is 2.50. The van der Waals surface area contributed by atoms with Crippen molar-refractivity contribution in [2.24, 2.45) is 34.4 Å². The molecule has 1 aromatic rings. The Hall–Kier alpha value is -4.04. The molecule has 0 aliphatic heterocycles. The minimum atomic E-state index is -2.86. The first kappa shape index (κ1) is 26.0. The number of amides is 6. The summed E-state index contributed by atoms with van der Waals surface area (Å²) < 4.78 is 0. The van der Waals surface area contributed by atoms with Crippen LogP contribution in [0.5, 0.6) is 0 Å². The van der Waals surface area contributed by atoms with Gasteiger partial charge >= 0.3 is 0 Å². The van der Waals surface area contributed by atoms with Gasteiger partial charge in [0, 0.05) is 0 Å². The lowest BCUT2D eigenvalue weighted by Gasteiger charge is -2.33. The molecule has 0 radical (unpaired) electrons. The highest BCUT2D eigenvalue weighted by atomic mass is 16.3. The van der Waals surface area contributed by atoms with Crippen LogP contribution in [0.25, 0.3) is 0 Å². The van der Waals surface area contributed by atoms with Crippen LogP contribution in [0.15, 0.2) is 24.3 Å². The molecule has 0 aromatic heterocycles. The van der Waals surface area contributed by atoms with Crippen molar-refractivity contribution < 1.29 is 39.0 Å². The van der Waals surface area contributed by atoms with E-state index in [1.165, 1.54) is 18.2 Å². The van der Waals surface area contributed by atoms with Crippen LogP contribution >= 0.6 is 0 Å². The number of aliphatic hydroxyl groups is 2. The lowest BCUT2D eigenvalue weighted by Crippen LogP contribution is -2.55. The fourth-order valence-electron chi connectivity index (χ4n) is 3.46. The van der Waals surface area contributed by atoms with Gasteiger partial charge in [0.1, 0.15) is 11.8 Å². The summed E-state index contributed by atoms with van der Waals surface area (Å²) in [7, 11) is 0. The second-order valence-electron chi connectivity index (χ2n) is 7.20. The summed E-state index contributed by atoms with van der Waals surface area (Å²) in [6.07, 6.45) is -2.15. The third kappa shape index (κ3) is 5.16. The van der Waals surface area contributed by atoms with Gasteiger partial charge in [-0.1, -0.05) is 24.3 Å². The van der Waals surface area contributed by atoms with Crippen molar-refractivity contribution in [3.63, 3.8) is 0 Å². The molecule has 0 saturated heterocycles. The van der Waals surface area contributed by atoms with Crippen molar-refractivity contribution in [1.82, 2.24) is 0 Å². The van der Waals surface area contributed by atoms with E-state index < -0.39 is 71.3 Å². The molecular weight excluding hydrogens is 428 g/mol. The minimum Gasteiger partial charge on any atom is -0.378 e. The van der Waals surface area contributed by atoms with E-state index in [0.29, 0.717) is 0 Å². The van der Waals surface area contributed by atoms with E-state index in [0.717, 1.165) is 6.07 Å². The molecule has 6 amide bonds. The van der Waals surface area contributed by atoms with Crippen LogP contribution in [0.3, 0.4) is 0 Å². The lowest BCUT2D eigenvalue weighted by molar-refractivity contribution is -0.148. The van der Waals surface area contributed by atoms with Crippen LogP contribution in [-0.2, 0) is 28.8 Å². The lowest BCUT2D eigenvalue weighted by atomic mass is 9.75. The zero-order valence-corrected chi connectivity index (χ0v) is 16.7. The average molecular weight is 452 g/mol. The molecule has 0 aliphatic carbocycles. The fraction of sp³-hybridized carbons (Fsp3) is 0.333. The predicted molar refractivity (Wildman–Crippen MR) is 106 cm³/mol. The van der Waals surface area contributed by atoms with Crippen molar-refractivity contribution in [2.75, 3.05) is 0 Å². The summed E-state index contributed by atoms with van der Waals surface area (Å²) in [6.45, 7) is 0. The van der Waals surface area contributed by atoms with E-state index in [1.807, 2.05) is 0 Å².